The minimum atomic E-state index is -2.02. The Morgan fingerprint density at radius 1 is 0.720 bits per heavy atom. The van der Waals surface area contributed by atoms with Crippen LogP contribution in [0.4, 0.5) is 0 Å². The molecule has 8 unspecified atom stereocenters. The normalized spacial score (nSPS) is 32.8. The van der Waals surface area contributed by atoms with Crippen LogP contribution in [0, 0.1) is 46.3 Å². The second kappa shape index (κ2) is 21.3. The van der Waals surface area contributed by atoms with Crippen molar-refractivity contribution in [1.29, 1.82) is 0 Å². The number of hydrogen-bond donors (Lipinski definition) is 2. The smallest absolute Gasteiger partial charge is 0.180 e. The Morgan fingerprint density at radius 3 is 2.18 bits per heavy atom. The molecular formula is C44H85NO4S. The van der Waals surface area contributed by atoms with Gasteiger partial charge in [-0.15, -0.1) is 0 Å². The molecule has 50 heavy (non-hydrogen) atoms. The Bertz CT molecular complexity index is 928. The zero-order valence-electron chi connectivity index (χ0n) is 34.1. The molecule has 9 atom stereocenters. The summed E-state index contributed by atoms with van der Waals surface area (Å²) >= 11 is 0. The standard InChI is InChI=1S/C44H85NO4S/c1-7-8-9-10-13-23-42(49-50(5,6)47)48-35-19-12-11-16-31-45(32-17-18-34-46)33-20-21-36(2)39-26-27-40-38-25-24-37-22-14-15-29-43(37,3)41(38)28-30-44(39,40)4/h36-42,46-47H,7-35H2,1-6H3/t36-,37?,38?,39?,40?,41?,42?,43?,44?/m1/s1. The van der Waals surface area contributed by atoms with Crippen LogP contribution in [-0.4, -0.2) is 66.2 Å². The van der Waals surface area contributed by atoms with Gasteiger partial charge in [-0.1, -0.05) is 79.1 Å². The summed E-state index contributed by atoms with van der Waals surface area (Å²) in [6.07, 6.45) is 34.9. The van der Waals surface area contributed by atoms with Gasteiger partial charge in [-0.2, -0.15) is 10.6 Å². The molecule has 0 amide bonds. The van der Waals surface area contributed by atoms with Gasteiger partial charge in [0.05, 0.1) is 0 Å². The topological polar surface area (TPSA) is 62.2 Å². The van der Waals surface area contributed by atoms with E-state index in [-0.39, 0.29) is 6.29 Å². The Labute approximate surface area is 312 Å². The molecule has 5 nitrogen and oxygen atoms in total. The van der Waals surface area contributed by atoms with Gasteiger partial charge in [-0.25, -0.2) is 0 Å². The van der Waals surface area contributed by atoms with Crippen molar-refractivity contribution in [3.8, 4) is 0 Å². The van der Waals surface area contributed by atoms with Crippen LogP contribution in [0.1, 0.15) is 182 Å². The highest BCUT2D eigenvalue weighted by atomic mass is 32.3. The first kappa shape index (κ1) is 42.9. The molecule has 0 radical (unpaired) electrons. The molecular weight excluding hydrogens is 639 g/mol. The summed E-state index contributed by atoms with van der Waals surface area (Å²) in [7, 11) is -2.02. The van der Waals surface area contributed by atoms with E-state index in [0.717, 1.165) is 80.8 Å². The first-order valence-corrected chi connectivity index (χ1v) is 24.4. The molecule has 4 fully saturated rings. The van der Waals surface area contributed by atoms with Crippen molar-refractivity contribution in [3.05, 3.63) is 0 Å². The maximum Gasteiger partial charge on any atom is 0.180 e. The Morgan fingerprint density at radius 2 is 1.42 bits per heavy atom. The van der Waals surface area contributed by atoms with Gasteiger partial charge < -0.3 is 14.7 Å². The van der Waals surface area contributed by atoms with Crippen molar-refractivity contribution >= 4 is 10.6 Å². The SMILES string of the molecule is CCCCCCCC(OCCCCCCN(CCCCO)CCC[C@@H](C)C1CCC2C3CCC4CCCCC4(C)C3CCC21C)OS(C)(C)O. The quantitative estimate of drug-likeness (QED) is 0.0725. The third kappa shape index (κ3) is 12.3. The van der Waals surface area contributed by atoms with Gasteiger partial charge in [0, 0.05) is 32.1 Å². The van der Waals surface area contributed by atoms with E-state index >= 15 is 0 Å². The largest absolute Gasteiger partial charge is 0.396 e. The molecule has 6 heteroatoms. The predicted molar refractivity (Wildman–Crippen MR) is 216 cm³/mol. The monoisotopic (exact) mass is 724 g/mol. The van der Waals surface area contributed by atoms with Crippen molar-refractivity contribution in [1.82, 2.24) is 4.90 Å². The molecule has 0 saturated heterocycles. The lowest BCUT2D eigenvalue weighted by molar-refractivity contribution is -0.114. The van der Waals surface area contributed by atoms with Gasteiger partial charge in [-0.3, -0.25) is 8.74 Å². The van der Waals surface area contributed by atoms with E-state index in [4.69, 9.17) is 8.92 Å². The van der Waals surface area contributed by atoms with E-state index in [2.05, 4.69) is 32.6 Å². The first-order valence-electron chi connectivity index (χ1n) is 22.1. The van der Waals surface area contributed by atoms with Crippen LogP contribution in [0.3, 0.4) is 0 Å². The van der Waals surface area contributed by atoms with Crippen molar-refractivity contribution in [2.75, 3.05) is 45.4 Å². The fourth-order valence-corrected chi connectivity index (χ4v) is 12.9. The molecule has 4 aliphatic rings. The third-order valence-corrected chi connectivity index (χ3v) is 15.6. The van der Waals surface area contributed by atoms with Crippen molar-refractivity contribution in [2.45, 2.75) is 188 Å². The Hall–Kier alpha value is 0.150. The summed E-state index contributed by atoms with van der Waals surface area (Å²) in [6.45, 7) is 14.9. The third-order valence-electron chi connectivity index (χ3n) is 14.9. The first-order chi connectivity index (χ1) is 24.0. The van der Waals surface area contributed by atoms with Gasteiger partial charge in [-0.05, 0) is 162 Å². The van der Waals surface area contributed by atoms with E-state index in [0.29, 0.717) is 17.4 Å². The number of unbranched alkanes of at least 4 members (excludes halogenated alkanes) is 8. The van der Waals surface area contributed by atoms with Crippen LogP contribution in [0.25, 0.3) is 0 Å². The fourth-order valence-electron chi connectivity index (χ4n) is 12.2. The molecule has 4 saturated carbocycles. The van der Waals surface area contributed by atoms with Crippen LogP contribution in [0.2, 0.25) is 0 Å². The summed E-state index contributed by atoms with van der Waals surface area (Å²) in [5.41, 5.74) is 1.24. The predicted octanol–water partition coefficient (Wildman–Crippen LogP) is 12.3. The van der Waals surface area contributed by atoms with Crippen molar-refractivity contribution in [3.63, 3.8) is 0 Å². The summed E-state index contributed by atoms with van der Waals surface area (Å²) < 4.78 is 22.3. The summed E-state index contributed by atoms with van der Waals surface area (Å²) in [4.78, 5) is 2.71. The van der Waals surface area contributed by atoms with E-state index < -0.39 is 10.6 Å². The number of nitrogens with zero attached hydrogens (tertiary/aromatic N) is 1. The fraction of sp³-hybridized carbons (Fsp3) is 1.00. The van der Waals surface area contributed by atoms with Crippen LogP contribution in [0.5, 0.6) is 0 Å². The Balaban J connectivity index is 1.15. The molecule has 4 aliphatic carbocycles. The number of aliphatic hydroxyl groups is 1. The summed E-state index contributed by atoms with van der Waals surface area (Å²) in [5.74, 6) is 5.81. The second-order valence-corrected chi connectivity index (χ2v) is 21.3. The second-order valence-electron chi connectivity index (χ2n) is 18.7. The molecule has 296 valence electrons. The van der Waals surface area contributed by atoms with Gasteiger partial charge in [0.15, 0.2) is 6.29 Å². The molecule has 0 aromatic carbocycles. The number of fused-ring (bicyclic) bond motifs is 5. The highest BCUT2D eigenvalue weighted by Crippen LogP contribution is 2.68. The highest BCUT2D eigenvalue weighted by molar-refractivity contribution is 8.23. The molecule has 0 spiro atoms. The van der Waals surface area contributed by atoms with Gasteiger partial charge >= 0.3 is 0 Å². The highest BCUT2D eigenvalue weighted by Gasteiger charge is 2.60. The number of rotatable bonds is 25. The van der Waals surface area contributed by atoms with E-state index in [1.54, 1.807) is 18.9 Å². The maximum absolute atomic E-state index is 10.3. The molecule has 0 bridgehead atoms. The number of aliphatic hydroxyl groups excluding tert-OH is 1. The van der Waals surface area contributed by atoms with Crippen LogP contribution >= 0.6 is 10.6 Å². The zero-order chi connectivity index (χ0) is 36.0. The average molecular weight is 724 g/mol. The van der Waals surface area contributed by atoms with Crippen LogP contribution < -0.4 is 0 Å². The minimum absolute atomic E-state index is 0.274. The average Bonchev–Trinajstić information content (AvgIpc) is 3.43. The number of hydrogen-bond acceptors (Lipinski definition) is 5. The number of ether oxygens (including phenoxy) is 1. The lowest BCUT2D eigenvalue weighted by Crippen LogP contribution is -2.53. The van der Waals surface area contributed by atoms with Crippen molar-refractivity contribution in [2.24, 2.45) is 46.3 Å². The maximum atomic E-state index is 10.3. The van der Waals surface area contributed by atoms with Gasteiger partial charge in [0.1, 0.15) is 0 Å². The minimum Gasteiger partial charge on any atom is -0.396 e. The summed E-state index contributed by atoms with van der Waals surface area (Å²) in [6, 6.07) is 0. The summed E-state index contributed by atoms with van der Waals surface area (Å²) in [5, 5.41) is 9.44. The van der Waals surface area contributed by atoms with E-state index in [9.17, 15) is 9.66 Å². The van der Waals surface area contributed by atoms with Crippen LogP contribution in [0.15, 0.2) is 0 Å². The van der Waals surface area contributed by atoms with Crippen molar-refractivity contribution < 1.29 is 18.6 Å². The zero-order valence-corrected chi connectivity index (χ0v) is 34.9. The molecule has 2 N–H and O–H groups in total. The Kier molecular flexibility index (Phi) is 18.3. The van der Waals surface area contributed by atoms with Gasteiger partial charge in [0.25, 0.3) is 0 Å². The van der Waals surface area contributed by atoms with Crippen LogP contribution in [-0.2, 0) is 8.92 Å². The molecule has 0 aliphatic heterocycles. The molecule has 0 heterocycles. The van der Waals surface area contributed by atoms with Gasteiger partial charge in [0.2, 0.25) is 0 Å². The van der Waals surface area contributed by atoms with E-state index in [1.165, 1.54) is 129 Å². The molecule has 0 aromatic rings. The lowest BCUT2D eigenvalue weighted by Gasteiger charge is -2.61. The molecule has 4 rings (SSSR count). The lowest BCUT2D eigenvalue weighted by atomic mass is 9.44. The molecule has 0 aromatic heterocycles. The van der Waals surface area contributed by atoms with E-state index in [1.807, 2.05) is 0 Å².